The van der Waals surface area contributed by atoms with Crippen LogP contribution in [0.3, 0.4) is 0 Å². The van der Waals surface area contributed by atoms with Crippen LogP contribution in [0.25, 0.3) is 0 Å². The summed E-state index contributed by atoms with van der Waals surface area (Å²) in [6.45, 7) is 5.25. The molecule has 4 rings (SSSR count). The van der Waals surface area contributed by atoms with E-state index in [1.807, 2.05) is 0 Å². The number of hydrogen-bond donors (Lipinski definition) is 1. The number of rotatable bonds is 7. The number of nitrogens with one attached hydrogen (secondary N) is 1. The molecular weight excluding hydrogens is 394 g/mol. The van der Waals surface area contributed by atoms with Gasteiger partial charge in [-0.3, -0.25) is 14.6 Å². The van der Waals surface area contributed by atoms with Gasteiger partial charge in [0, 0.05) is 57.5 Å². The van der Waals surface area contributed by atoms with Crippen molar-refractivity contribution in [2.45, 2.75) is 32.0 Å². The molecule has 0 radical (unpaired) electrons. The highest BCUT2D eigenvalue weighted by molar-refractivity contribution is 5.91. The Morgan fingerprint density at radius 2 is 1.93 bits per heavy atom. The van der Waals surface area contributed by atoms with E-state index in [9.17, 15) is 13.6 Å². The Bertz CT molecular complexity index is 862. The van der Waals surface area contributed by atoms with Crippen molar-refractivity contribution in [1.29, 1.82) is 0 Å². The highest BCUT2D eigenvalue weighted by atomic mass is 19.1. The van der Waals surface area contributed by atoms with Crippen molar-refractivity contribution in [1.82, 2.24) is 20.1 Å². The van der Waals surface area contributed by atoms with Crippen molar-refractivity contribution in [2.24, 2.45) is 0 Å². The molecule has 2 saturated heterocycles. The zero-order chi connectivity index (χ0) is 20.9. The third kappa shape index (κ3) is 5.41. The summed E-state index contributed by atoms with van der Waals surface area (Å²) >= 11 is 0. The number of benzene rings is 1. The Balaban J connectivity index is 1.22. The van der Waals surface area contributed by atoms with Crippen LogP contribution in [0.4, 0.5) is 8.78 Å². The number of ether oxygens (including phenoxy) is 1. The van der Waals surface area contributed by atoms with Gasteiger partial charge in [0.25, 0.3) is 5.91 Å². The summed E-state index contributed by atoms with van der Waals surface area (Å²) in [7, 11) is 0. The molecule has 3 heterocycles. The summed E-state index contributed by atoms with van der Waals surface area (Å²) in [5, 5.41) is 2.83. The van der Waals surface area contributed by atoms with Gasteiger partial charge < -0.3 is 14.5 Å². The van der Waals surface area contributed by atoms with Gasteiger partial charge in [0.05, 0.1) is 12.6 Å². The van der Waals surface area contributed by atoms with E-state index in [2.05, 4.69) is 20.1 Å². The van der Waals surface area contributed by atoms with Gasteiger partial charge in [0.15, 0.2) is 5.69 Å². The number of hydrogen-bond acceptors (Lipinski definition) is 6. The average molecular weight is 420 g/mol. The summed E-state index contributed by atoms with van der Waals surface area (Å²) in [6, 6.07) is 3.70. The number of piperazine rings is 1. The number of carbonyl (C=O) groups is 1. The van der Waals surface area contributed by atoms with Crippen molar-refractivity contribution in [3.05, 3.63) is 53.2 Å². The third-order valence-electron chi connectivity index (χ3n) is 5.53. The van der Waals surface area contributed by atoms with Gasteiger partial charge in [-0.1, -0.05) is 6.07 Å². The fraction of sp³-hybridized carbons (Fsp3) is 0.524. The Kier molecular flexibility index (Phi) is 6.71. The maximum absolute atomic E-state index is 13.8. The molecule has 0 saturated carbocycles. The number of nitrogens with zero attached hydrogens (tertiary/aromatic N) is 3. The van der Waals surface area contributed by atoms with Crippen LogP contribution in [0.1, 0.15) is 34.8 Å². The van der Waals surface area contributed by atoms with Crippen LogP contribution in [-0.2, 0) is 17.8 Å². The first kappa shape index (κ1) is 20.9. The minimum atomic E-state index is -0.563. The van der Waals surface area contributed by atoms with Gasteiger partial charge in [0.1, 0.15) is 17.9 Å². The fourth-order valence-electron chi connectivity index (χ4n) is 3.78. The summed E-state index contributed by atoms with van der Waals surface area (Å²) in [5.74, 6) is -0.837. The number of amides is 1. The Morgan fingerprint density at radius 1 is 1.17 bits per heavy atom. The minimum Gasteiger partial charge on any atom is -0.447 e. The third-order valence-corrected chi connectivity index (χ3v) is 5.53. The SMILES string of the molecule is O=C(NCC1CCCO1)c1coc(CN2CCN(Cc3ccc(F)cc3F)CC2)n1. The van der Waals surface area contributed by atoms with Crippen LogP contribution in [0.2, 0.25) is 0 Å². The minimum absolute atomic E-state index is 0.0833. The van der Waals surface area contributed by atoms with E-state index in [4.69, 9.17) is 9.15 Å². The average Bonchev–Trinajstić information content (AvgIpc) is 3.42. The summed E-state index contributed by atoms with van der Waals surface area (Å²) in [4.78, 5) is 20.8. The molecule has 1 unspecified atom stereocenters. The zero-order valence-electron chi connectivity index (χ0n) is 16.8. The molecule has 2 fully saturated rings. The van der Waals surface area contributed by atoms with Crippen LogP contribution in [0.5, 0.6) is 0 Å². The second-order valence-corrected chi connectivity index (χ2v) is 7.76. The maximum Gasteiger partial charge on any atom is 0.273 e. The molecule has 2 aliphatic rings. The van der Waals surface area contributed by atoms with Crippen molar-refractivity contribution < 1.29 is 22.7 Å². The van der Waals surface area contributed by atoms with E-state index in [0.29, 0.717) is 31.1 Å². The highest BCUT2D eigenvalue weighted by Gasteiger charge is 2.22. The largest absolute Gasteiger partial charge is 0.447 e. The molecule has 2 aromatic rings. The topological polar surface area (TPSA) is 70.8 Å². The second kappa shape index (κ2) is 9.63. The van der Waals surface area contributed by atoms with Gasteiger partial charge in [-0.2, -0.15) is 0 Å². The molecule has 0 spiro atoms. The molecular formula is C21H26F2N4O3. The second-order valence-electron chi connectivity index (χ2n) is 7.76. The number of oxazole rings is 1. The van der Waals surface area contributed by atoms with Crippen molar-refractivity contribution in [3.8, 4) is 0 Å². The smallest absolute Gasteiger partial charge is 0.273 e. The van der Waals surface area contributed by atoms with E-state index < -0.39 is 11.6 Å². The van der Waals surface area contributed by atoms with Gasteiger partial charge in [-0.15, -0.1) is 0 Å². The molecule has 0 aliphatic carbocycles. The van der Waals surface area contributed by atoms with Crippen LogP contribution < -0.4 is 5.32 Å². The molecule has 2 aliphatic heterocycles. The van der Waals surface area contributed by atoms with Crippen LogP contribution in [-0.4, -0.2) is 66.1 Å². The van der Waals surface area contributed by atoms with E-state index in [0.717, 1.165) is 51.7 Å². The highest BCUT2D eigenvalue weighted by Crippen LogP contribution is 2.15. The Morgan fingerprint density at radius 3 is 2.63 bits per heavy atom. The number of aromatic nitrogens is 1. The number of carbonyl (C=O) groups excluding carboxylic acids is 1. The van der Waals surface area contributed by atoms with Crippen LogP contribution in [0, 0.1) is 11.6 Å². The lowest BCUT2D eigenvalue weighted by molar-refractivity contribution is 0.0853. The lowest BCUT2D eigenvalue weighted by atomic mass is 10.2. The molecule has 1 aromatic carbocycles. The van der Waals surface area contributed by atoms with E-state index in [1.54, 1.807) is 0 Å². The monoisotopic (exact) mass is 420 g/mol. The molecule has 30 heavy (non-hydrogen) atoms. The molecule has 1 aromatic heterocycles. The Hall–Kier alpha value is -2.36. The van der Waals surface area contributed by atoms with E-state index in [-0.39, 0.29) is 17.7 Å². The first-order valence-electron chi connectivity index (χ1n) is 10.3. The predicted molar refractivity (Wildman–Crippen MR) is 105 cm³/mol. The van der Waals surface area contributed by atoms with Crippen LogP contribution in [0.15, 0.2) is 28.9 Å². The number of halogens is 2. The fourth-order valence-corrected chi connectivity index (χ4v) is 3.78. The molecule has 1 amide bonds. The van der Waals surface area contributed by atoms with Gasteiger partial charge in [-0.25, -0.2) is 13.8 Å². The first-order valence-corrected chi connectivity index (χ1v) is 10.3. The van der Waals surface area contributed by atoms with Crippen molar-refractivity contribution in [3.63, 3.8) is 0 Å². The standard InChI is InChI=1S/C21H26F2N4O3/c22-16-4-3-15(18(23)10-16)12-26-5-7-27(8-6-26)13-20-25-19(14-30-20)21(28)24-11-17-2-1-9-29-17/h3-4,10,14,17H,1-2,5-9,11-13H2,(H,24,28). The predicted octanol–water partition coefficient (Wildman–Crippen LogP) is 2.18. The van der Waals surface area contributed by atoms with E-state index in [1.165, 1.54) is 18.4 Å². The molecule has 1 atom stereocenters. The normalized spacial score (nSPS) is 20.5. The van der Waals surface area contributed by atoms with E-state index >= 15 is 0 Å². The molecule has 7 nitrogen and oxygen atoms in total. The summed E-state index contributed by atoms with van der Waals surface area (Å²) < 4.78 is 37.8. The molecule has 0 bridgehead atoms. The first-order chi connectivity index (χ1) is 14.6. The van der Waals surface area contributed by atoms with Gasteiger partial charge in [-0.05, 0) is 18.9 Å². The van der Waals surface area contributed by atoms with Gasteiger partial charge in [0.2, 0.25) is 5.89 Å². The molecule has 1 N–H and O–H groups in total. The van der Waals surface area contributed by atoms with Crippen LogP contribution >= 0.6 is 0 Å². The lowest BCUT2D eigenvalue weighted by Gasteiger charge is -2.34. The molecule has 9 heteroatoms. The zero-order valence-corrected chi connectivity index (χ0v) is 16.8. The lowest BCUT2D eigenvalue weighted by Crippen LogP contribution is -2.45. The van der Waals surface area contributed by atoms with Gasteiger partial charge >= 0.3 is 0 Å². The Labute approximate surface area is 174 Å². The van der Waals surface area contributed by atoms with Crippen molar-refractivity contribution >= 4 is 5.91 Å². The summed E-state index contributed by atoms with van der Waals surface area (Å²) in [6.07, 6.45) is 3.46. The quantitative estimate of drug-likeness (QED) is 0.741. The van der Waals surface area contributed by atoms with Crippen molar-refractivity contribution in [2.75, 3.05) is 39.3 Å². The molecule has 162 valence electrons. The summed E-state index contributed by atoms with van der Waals surface area (Å²) in [5.41, 5.74) is 0.768. The maximum atomic E-state index is 13.8.